The molecule has 0 amide bonds. The molecule has 1 fully saturated rings. The maximum absolute atomic E-state index is 6.19. The maximum Gasteiger partial charge on any atom is 0.139 e. The van der Waals surface area contributed by atoms with E-state index in [1.807, 2.05) is 12.3 Å². The average molecular weight is 294 g/mol. The first kappa shape index (κ1) is 12.6. The van der Waals surface area contributed by atoms with Crippen molar-refractivity contribution in [1.82, 2.24) is 19.9 Å². The average Bonchev–Trinajstić information content (AvgIpc) is 2.96. The molecule has 1 aromatic carbocycles. The third-order valence-corrected chi connectivity index (χ3v) is 4.92. The highest BCUT2D eigenvalue weighted by Crippen LogP contribution is 2.39. The van der Waals surface area contributed by atoms with Crippen LogP contribution in [-0.4, -0.2) is 33.7 Å². The Morgan fingerprint density at radius 2 is 2.18 bits per heavy atom. The van der Waals surface area contributed by atoms with Gasteiger partial charge in [0, 0.05) is 11.9 Å². The van der Waals surface area contributed by atoms with Crippen LogP contribution in [0.2, 0.25) is 0 Å². The Bertz CT molecular complexity index is 872. The van der Waals surface area contributed by atoms with Crippen LogP contribution in [-0.2, 0) is 4.74 Å². The number of nitrogens with one attached hydrogen (secondary N) is 1. The molecule has 4 heterocycles. The van der Waals surface area contributed by atoms with E-state index in [1.165, 1.54) is 10.9 Å². The van der Waals surface area contributed by atoms with Gasteiger partial charge in [-0.1, -0.05) is 18.2 Å². The molecule has 5 nitrogen and oxygen atoms in total. The van der Waals surface area contributed by atoms with Crippen molar-refractivity contribution < 1.29 is 4.74 Å². The van der Waals surface area contributed by atoms with Crippen LogP contribution in [0.3, 0.4) is 0 Å². The van der Waals surface area contributed by atoms with E-state index in [9.17, 15) is 0 Å². The summed E-state index contributed by atoms with van der Waals surface area (Å²) in [7, 11) is 0. The van der Waals surface area contributed by atoms with E-state index in [-0.39, 0.29) is 12.2 Å². The van der Waals surface area contributed by atoms with Crippen molar-refractivity contribution in [3.05, 3.63) is 36.3 Å². The zero-order valence-electron chi connectivity index (χ0n) is 12.5. The highest BCUT2D eigenvalue weighted by molar-refractivity contribution is 6.02. The van der Waals surface area contributed by atoms with Crippen LogP contribution in [0.15, 0.2) is 30.5 Å². The largest absolute Gasteiger partial charge is 0.364 e. The third kappa shape index (κ3) is 1.61. The molecule has 0 radical (unpaired) electrons. The van der Waals surface area contributed by atoms with Crippen LogP contribution >= 0.6 is 0 Å². The number of pyridine rings is 1. The number of rotatable bonds is 0. The van der Waals surface area contributed by atoms with E-state index in [4.69, 9.17) is 9.72 Å². The molecule has 3 aromatic rings. The van der Waals surface area contributed by atoms with E-state index in [0.29, 0.717) is 6.04 Å². The molecular formula is C17H18N4O. The van der Waals surface area contributed by atoms with E-state index in [2.05, 4.69) is 40.0 Å². The quantitative estimate of drug-likeness (QED) is 0.692. The van der Waals surface area contributed by atoms with Gasteiger partial charge in [0.1, 0.15) is 17.4 Å². The van der Waals surface area contributed by atoms with E-state index < -0.39 is 0 Å². The van der Waals surface area contributed by atoms with Gasteiger partial charge in [-0.2, -0.15) is 0 Å². The van der Waals surface area contributed by atoms with Gasteiger partial charge in [-0.3, -0.25) is 4.98 Å². The van der Waals surface area contributed by atoms with Gasteiger partial charge in [0.2, 0.25) is 0 Å². The number of hydrogen-bond donors (Lipinski definition) is 1. The van der Waals surface area contributed by atoms with E-state index >= 15 is 0 Å². The third-order valence-electron chi connectivity index (χ3n) is 4.92. The van der Waals surface area contributed by atoms with Gasteiger partial charge >= 0.3 is 0 Å². The van der Waals surface area contributed by atoms with Gasteiger partial charge in [-0.15, -0.1) is 0 Å². The Hall–Kier alpha value is -1.98. The standard InChI is InChI=1S/C17H18N4O/c1-10-17-20-13-8-19-12-5-3-2-4-11(12)16(13)21(17)14-6-7-18-9-15(14)22-10/h2-5,8,10,14-15,18H,6-7,9H2,1H3/t10-,14?,15?/m1/s1. The number of ether oxygens (including phenoxy) is 1. The summed E-state index contributed by atoms with van der Waals surface area (Å²) in [6, 6.07) is 8.69. The summed E-state index contributed by atoms with van der Waals surface area (Å²) in [5, 5.41) is 4.63. The lowest BCUT2D eigenvalue weighted by Crippen LogP contribution is -2.46. The summed E-state index contributed by atoms with van der Waals surface area (Å²) < 4.78 is 8.62. The zero-order valence-corrected chi connectivity index (χ0v) is 12.5. The van der Waals surface area contributed by atoms with Crippen molar-refractivity contribution in [2.45, 2.75) is 31.6 Å². The van der Waals surface area contributed by atoms with Crippen molar-refractivity contribution in [2.75, 3.05) is 13.1 Å². The van der Waals surface area contributed by atoms with Gasteiger partial charge < -0.3 is 14.6 Å². The highest BCUT2D eigenvalue weighted by Gasteiger charge is 2.37. The highest BCUT2D eigenvalue weighted by atomic mass is 16.5. The van der Waals surface area contributed by atoms with Crippen molar-refractivity contribution in [3.8, 4) is 0 Å². The summed E-state index contributed by atoms with van der Waals surface area (Å²) in [5.74, 6) is 1.04. The van der Waals surface area contributed by atoms with Crippen LogP contribution in [0.5, 0.6) is 0 Å². The molecule has 0 spiro atoms. The minimum absolute atomic E-state index is 0.0207. The lowest BCUT2D eigenvalue weighted by Gasteiger charge is -2.40. The molecule has 0 bridgehead atoms. The number of aromatic nitrogens is 3. The number of nitrogens with zero attached hydrogens (tertiary/aromatic N) is 3. The first-order valence-corrected chi connectivity index (χ1v) is 7.94. The number of fused-ring (bicyclic) bond motifs is 7. The number of hydrogen-bond acceptors (Lipinski definition) is 4. The van der Waals surface area contributed by atoms with Crippen LogP contribution in [0.25, 0.3) is 21.9 Å². The molecule has 5 rings (SSSR count). The molecule has 0 saturated carbocycles. The van der Waals surface area contributed by atoms with Crippen LogP contribution < -0.4 is 5.32 Å². The van der Waals surface area contributed by atoms with Gasteiger partial charge in [-0.25, -0.2) is 4.98 Å². The molecule has 2 aliphatic heterocycles. The predicted molar refractivity (Wildman–Crippen MR) is 84.8 cm³/mol. The molecule has 3 atom stereocenters. The summed E-state index contributed by atoms with van der Waals surface area (Å²) in [5.41, 5.74) is 3.22. The summed E-state index contributed by atoms with van der Waals surface area (Å²) in [6.07, 6.45) is 3.21. The molecule has 2 aliphatic rings. The molecule has 1 N–H and O–H groups in total. The smallest absolute Gasteiger partial charge is 0.139 e. The normalized spacial score (nSPS) is 27.8. The summed E-state index contributed by atoms with van der Waals surface area (Å²) in [4.78, 5) is 9.38. The zero-order chi connectivity index (χ0) is 14.7. The molecule has 2 aromatic heterocycles. The van der Waals surface area contributed by atoms with Crippen molar-refractivity contribution in [1.29, 1.82) is 0 Å². The Labute approximate surface area is 128 Å². The number of para-hydroxylation sites is 1. The second-order valence-corrected chi connectivity index (χ2v) is 6.23. The van der Waals surface area contributed by atoms with Gasteiger partial charge in [0.25, 0.3) is 0 Å². The van der Waals surface area contributed by atoms with Crippen LogP contribution in [0.4, 0.5) is 0 Å². The lowest BCUT2D eigenvalue weighted by molar-refractivity contribution is -0.0700. The lowest BCUT2D eigenvalue weighted by atomic mass is 10.00. The predicted octanol–water partition coefficient (Wildman–Crippen LogP) is 2.58. The van der Waals surface area contributed by atoms with Crippen LogP contribution in [0.1, 0.15) is 31.3 Å². The van der Waals surface area contributed by atoms with Crippen molar-refractivity contribution >= 4 is 21.9 Å². The molecule has 0 aliphatic carbocycles. The molecule has 1 saturated heterocycles. The van der Waals surface area contributed by atoms with Gasteiger partial charge in [-0.05, 0) is 26.0 Å². The fourth-order valence-electron chi connectivity index (χ4n) is 3.94. The van der Waals surface area contributed by atoms with E-state index in [0.717, 1.165) is 36.4 Å². The molecule has 2 unspecified atom stereocenters. The monoisotopic (exact) mass is 294 g/mol. The topological polar surface area (TPSA) is 52.0 Å². The fraction of sp³-hybridized carbons (Fsp3) is 0.412. The van der Waals surface area contributed by atoms with Crippen molar-refractivity contribution in [3.63, 3.8) is 0 Å². The Kier molecular flexibility index (Phi) is 2.57. The molecule has 22 heavy (non-hydrogen) atoms. The minimum Gasteiger partial charge on any atom is -0.364 e. The summed E-state index contributed by atoms with van der Waals surface area (Å²) >= 11 is 0. The second kappa shape index (κ2) is 4.51. The first-order chi connectivity index (χ1) is 10.8. The number of benzene rings is 1. The Morgan fingerprint density at radius 1 is 1.27 bits per heavy atom. The molecule has 112 valence electrons. The van der Waals surface area contributed by atoms with E-state index in [1.54, 1.807) is 0 Å². The maximum atomic E-state index is 6.19. The Balaban J connectivity index is 1.87. The fourth-order valence-corrected chi connectivity index (χ4v) is 3.94. The van der Waals surface area contributed by atoms with Gasteiger partial charge in [0.15, 0.2) is 0 Å². The van der Waals surface area contributed by atoms with Gasteiger partial charge in [0.05, 0.1) is 29.4 Å². The van der Waals surface area contributed by atoms with Crippen LogP contribution in [0, 0.1) is 0 Å². The Morgan fingerprint density at radius 3 is 3.14 bits per heavy atom. The second-order valence-electron chi connectivity index (χ2n) is 6.23. The first-order valence-electron chi connectivity index (χ1n) is 7.94. The SMILES string of the molecule is C[C@H]1OC2CNCCC2n2c1nc1cnc3ccccc3c12. The van der Waals surface area contributed by atoms with Crippen molar-refractivity contribution in [2.24, 2.45) is 0 Å². The molecule has 5 heteroatoms. The number of imidazole rings is 1. The minimum atomic E-state index is 0.0207. The number of piperidine rings is 1. The summed E-state index contributed by atoms with van der Waals surface area (Å²) in [6.45, 7) is 4.04. The molecular weight excluding hydrogens is 276 g/mol.